The lowest BCUT2D eigenvalue weighted by Gasteiger charge is -2.17. The molecule has 23 heavy (non-hydrogen) atoms. The minimum atomic E-state index is -1.22. The first-order chi connectivity index (χ1) is 10.6. The maximum absolute atomic E-state index is 11.8. The monoisotopic (exact) mass is 320 g/mol. The highest BCUT2D eigenvalue weighted by Gasteiger charge is 2.28. The summed E-state index contributed by atoms with van der Waals surface area (Å²) in [6.07, 6.45) is 0. The normalized spacial score (nSPS) is 12.1. The topological polar surface area (TPSA) is 113 Å². The Kier molecular flexibility index (Phi) is 6.01. The Morgan fingerprint density at radius 2 is 1.65 bits per heavy atom. The zero-order valence-corrected chi connectivity index (χ0v) is 13.3. The molecular weight excluding hydrogens is 300 g/mol. The van der Waals surface area contributed by atoms with E-state index in [9.17, 15) is 24.3 Å². The van der Waals surface area contributed by atoms with E-state index in [1.807, 2.05) is 0 Å². The van der Waals surface area contributed by atoms with Crippen molar-refractivity contribution in [3.8, 4) is 0 Å². The number of ketones is 1. The lowest BCUT2D eigenvalue weighted by atomic mass is 9.90. The number of hydrogen-bond donors (Lipinski definition) is 3. The molecule has 0 aromatic heterocycles. The quantitative estimate of drug-likeness (QED) is 0.667. The molecule has 1 aromatic carbocycles. The molecule has 1 rings (SSSR count). The van der Waals surface area contributed by atoms with Gasteiger partial charge in [0.25, 0.3) is 5.91 Å². The second-order valence-corrected chi connectivity index (χ2v) is 6.01. The van der Waals surface area contributed by atoms with Crippen molar-refractivity contribution >= 4 is 23.6 Å². The van der Waals surface area contributed by atoms with Crippen LogP contribution < -0.4 is 10.6 Å². The third-order valence-electron chi connectivity index (χ3n) is 2.98. The van der Waals surface area contributed by atoms with E-state index in [1.54, 1.807) is 51.1 Å². The fraction of sp³-hybridized carbons (Fsp3) is 0.375. The number of carbonyl (C=O) groups excluding carboxylic acids is 3. The van der Waals surface area contributed by atoms with Crippen LogP contribution in [0.1, 0.15) is 32.4 Å². The Bertz CT molecular complexity index is 605. The molecule has 0 aliphatic carbocycles. The predicted molar refractivity (Wildman–Crippen MR) is 82.4 cm³/mol. The predicted octanol–water partition coefficient (Wildman–Crippen LogP) is 0.660. The van der Waals surface area contributed by atoms with E-state index in [0.29, 0.717) is 5.56 Å². The van der Waals surface area contributed by atoms with Crippen LogP contribution in [-0.2, 0) is 19.2 Å². The summed E-state index contributed by atoms with van der Waals surface area (Å²) < 4.78 is 0. The second kappa shape index (κ2) is 7.53. The average Bonchev–Trinajstić information content (AvgIpc) is 2.49. The van der Waals surface area contributed by atoms with Crippen LogP contribution in [0.25, 0.3) is 0 Å². The SMILES string of the molecule is CC(C)(C)C(=O)C(=O)NCC(=O)N[C@H](C(=O)O)c1ccccc1. The average molecular weight is 320 g/mol. The van der Waals surface area contributed by atoms with Gasteiger partial charge >= 0.3 is 5.97 Å². The number of carbonyl (C=O) groups is 4. The Morgan fingerprint density at radius 3 is 2.13 bits per heavy atom. The third-order valence-corrected chi connectivity index (χ3v) is 2.98. The van der Waals surface area contributed by atoms with Gasteiger partial charge in [-0.3, -0.25) is 14.4 Å². The van der Waals surface area contributed by atoms with E-state index in [2.05, 4.69) is 10.6 Å². The second-order valence-electron chi connectivity index (χ2n) is 6.01. The Balaban J connectivity index is 2.63. The van der Waals surface area contributed by atoms with Crippen molar-refractivity contribution in [2.75, 3.05) is 6.54 Å². The number of amides is 2. The van der Waals surface area contributed by atoms with Crippen LogP contribution in [0.5, 0.6) is 0 Å². The number of benzene rings is 1. The minimum Gasteiger partial charge on any atom is -0.479 e. The highest BCUT2D eigenvalue weighted by molar-refractivity contribution is 6.38. The van der Waals surface area contributed by atoms with Crippen LogP contribution >= 0.6 is 0 Å². The van der Waals surface area contributed by atoms with Gasteiger partial charge in [0.05, 0.1) is 6.54 Å². The summed E-state index contributed by atoms with van der Waals surface area (Å²) in [5.41, 5.74) is -0.445. The standard InChI is InChI=1S/C16H20N2O5/c1-16(2,3)13(20)14(21)17-9-11(19)18-12(15(22)23)10-7-5-4-6-8-10/h4-8,12H,9H2,1-3H3,(H,17,21)(H,18,19)(H,22,23)/t12-/m0/s1. The molecule has 0 spiro atoms. The zero-order valence-electron chi connectivity index (χ0n) is 13.3. The molecule has 0 radical (unpaired) electrons. The molecule has 3 N–H and O–H groups in total. The molecule has 1 aromatic rings. The molecule has 7 heteroatoms. The highest BCUT2D eigenvalue weighted by atomic mass is 16.4. The summed E-state index contributed by atoms with van der Waals surface area (Å²) >= 11 is 0. The maximum atomic E-state index is 11.8. The van der Waals surface area contributed by atoms with Crippen molar-refractivity contribution in [1.82, 2.24) is 10.6 Å². The van der Waals surface area contributed by atoms with Gasteiger partial charge in [0, 0.05) is 5.41 Å². The van der Waals surface area contributed by atoms with Crippen LogP contribution in [0.4, 0.5) is 0 Å². The molecule has 0 saturated carbocycles. The van der Waals surface area contributed by atoms with Crippen LogP contribution in [0, 0.1) is 5.41 Å². The van der Waals surface area contributed by atoms with Crippen molar-refractivity contribution in [2.45, 2.75) is 26.8 Å². The Hall–Kier alpha value is -2.70. The van der Waals surface area contributed by atoms with Gasteiger partial charge in [-0.1, -0.05) is 51.1 Å². The largest absolute Gasteiger partial charge is 0.479 e. The van der Waals surface area contributed by atoms with Gasteiger partial charge in [0.2, 0.25) is 11.7 Å². The lowest BCUT2D eigenvalue weighted by Crippen LogP contribution is -2.45. The fourth-order valence-corrected chi connectivity index (χ4v) is 1.73. The van der Waals surface area contributed by atoms with E-state index >= 15 is 0 Å². The van der Waals surface area contributed by atoms with Gasteiger partial charge in [-0.25, -0.2) is 4.79 Å². The van der Waals surface area contributed by atoms with Gasteiger partial charge in [0.15, 0.2) is 6.04 Å². The van der Waals surface area contributed by atoms with Crippen molar-refractivity contribution in [3.05, 3.63) is 35.9 Å². The van der Waals surface area contributed by atoms with E-state index in [-0.39, 0.29) is 0 Å². The first-order valence-corrected chi connectivity index (χ1v) is 7.02. The molecular formula is C16H20N2O5. The molecule has 0 fully saturated rings. The summed E-state index contributed by atoms with van der Waals surface area (Å²) in [5, 5.41) is 13.7. The van der Waals surface area contributed by atoms with Gasteiger partial charge < -0.3 is 15.7 Å². The van der Waals surface area contributed by atoms with Gasteiger partial charge in [-0.05, 0) is 5.56 Å². The molecule has 2 amide bonds. The highest BCUT2D eigenvalue weighted by Crippen LogP contribution is 2.14. The van der Waals surface area contributed by atoms with Crippen LogP contribution in [0.3, 0.4) is 0 Å². The molecule has 0 heterocycles. The lowest BCUT2D eigenvalue weighted by molar-refractivity contribution is -0.143. The molecule has 0 aliphatic heterocycles. The maximum Gasteiger partial charge on any atom is 0.330 e. The van der Waals surface area contributed by atoms with Crippen LogP contribution in [0.2, 0.25) is 0 Å². The first-order valence-electron chi connectivity index (χ1n) is 7.02. The van der Waals surface area contributed by atoms with E-state index in [1.165, 1.54) is 0 Å². The van der Waals surface area contributed by atoms with Gasteiger partial charge in [-0.2, -0.15) is 0 Å². The first kappa shape index (κ1) is 18.3. The third kappa shape index (κ3) is 5.54. The zero-order chi connectivity index (χ0) is 17.6. The molecule has 124 valence electrons. The molecule has 0 unspecified atom stereocenters. The summed E-state index contributed by atoms with van der Waals surface area (Å²) in [6, 6.07) is 6.95. The molecule has 1 atom stereocenters. The fourth-order valence-electron chi connectivity index (χ4n) is 1.73. The number of aliphatic carboxylic acids is 1. The Labute approximate surface area is 134 Å². The van der Waals surface area contributed by atoms with Gasteiger partial charge in [0.1, 0.15) is 0 Å². The summed E-state index contributed by atoms with van der Waals surface area (Å²) in [5.74, 6) is -3.44. The van der Waals surface area contributed by atoms with Crippen molar-refractivity contribution in [2.24, 2.45) is 5.41 Å². The number of carboxylic acids is 1. The van der Waals surface area contributed by atoms with Crippen LogP contribution in [-0.4, -0.2) is 35.2 Å². The van der Waals surface area contributed by atoms with E-state index in [4.69, 9.17) is 0 Å². The van der Waals surface area contributed by atoms with Crippen molar-refractivity contribution in [1.29, 1.82) is 0 Å². The number of rotatable bonds is 6. The molecule has 0 saturated heterocycles. The molecule has 7 nitrogen and oxygen atoms in total. The summed E-state index contributed by atoms with van der Waals surface area (Å²) in [6.45, 7) is 4.29. The van der Waals surface area contributed by atoms with E-state index in [0.717, 1.165) is 0 Å². The molecule has 0 aliphatic rings. The van der Waals surface area contributed by atoms with Crippen LogP contribution in [0.15, 0.2) is 30.3 Å². The number of hydrogen-bond acceptors (Lipinski definition) is 4. The number of nitrogens with one attached hydrogen (secondary N) is 2. The van der Waals surface area contributed by atoms with Crippen molar-refractivity contribution in [3.63, 3.8) is 0 Å². The smallest absolute Gasteiger partial charge is 0.330 e. The summed E-state index contributed by atoms with van der Waals surface area (Å²) in [7, 11) is 0. The number of Topliss-reactive ketones (excluding diaryl/α,β-unsaturated/α-hetero) is 1. The minimum absolute atomic E-state index is 0.408. The molecule has 0 bridgehead atoms. The number of carboxylic acid groups (broad SMARTS) is 1. The summed E-state index contributed by atoms with van der Waals surface area (Å²) in [4.78, 5) is 46.4. The van der Waals surface area contributed by atoms with Crippen molar-refractivity contribution < 1.29 is 24.3 Å². The van der Waals surface area contributed by atoms with Gasteiger partial charge in [-0.15, -0.1) is 0 Å². The van der Waals surface area contributed by atoms with E-state index < -0.39 is 41.6 Å². The Morgan fingerprint density at radius 1 is 1.09 bits per heavy atom.